The lowest BCUT2D eigenvalue weighted by Crippen LogP contribution is -2.07. The molecule has 3 heteroatoms. The average Bonchev–Trinajstić information content (AvgIpc) is 2.03. The molecule has 66 valence electrons. The summed E-state index contributed by atoms with van der Waals surface area (Å²) in [5.41, 5.74) is 7.91. The maximum atomic E-state index is 5.73. The van der Waals surface area contributed by atoms with Crippen LogP contribution in [0.15, 0.2) is 12.3 Å². The summed E-state index contributed by atoms with van der Waals surface area (Å²) in [7, 11) is 1.60. The summed E-state index contributed by atoms with van der Waals surface area (Å²) in [6, 6.07) is 1.92. The maximum absolute atomic E-state index is 5.73. The van der Waals surface area contributed by atoms with Gasteiger partial charge in [-0.25, -0.2) is 4.98 Å². The molecule has 0 aliphatic heterocycles. The third kappa shape index (κ3) is 1.74. The second-order valence-electron chi connectivity index (χ2n) is 2.87. The van der Waals surface area contributed by atoms with E-state index in [2.05, 4.69) is 4.98 Å². The Kier molecular flexibility index (Phi) is 2.65. The number of hydrogen-bond donors (Lipinski definition) is 1. The van der Waals surface area contributed by atoms with E-state index >= 15 is 0 Å². The summed E-state index contributed by atoms with van der Waals surface area (Å²) in [5, 5.41) is 0. The van der Waals surface area contributed by atoms with Gasteiger partial charge in [0, 0.05) is 18.3 Å². The third-order valence-electron chi connectivity index (χ3n) is 1.83. The molecule has 0 aromatic carbocycles. The van der Waals surface area contributed by atoms with Crippen LogP contribution in [0.4, 0.5) is 0 Å². The fourth-order valence-corrected chi connectivity index (χ4v) is 1.13. The first-order valence-electron chi connectivity index (χ1n) is 3.91. The average molecular weight is 166 g/mol. The van der Waals surface area contributed by atoms with Crippen molar-refractivity contribution < 1.29 is 4.74 Å². The number of pyridine rings is 1. The summed E-state index contributed by atoms with van der Waals surface area (Å²) in [5.74, 6) is 0.636. The van der Waals surface area contributed by atoms with E-state index in [1.165, 1.54) is 0 Å². The SMILES string of the molecule is COc1cc(C)c([C@@H](C)N)cn1. The number of nitrogens with two attached hydrogens (primary N) is 1. The Hall–Kier alpha value is -1.09. The molecule has 1 atom stereocenters. The van der Waals surface area contributed by atoms with Crippen molar-refractivity contribution in [3.05, 3.63) is 23.4 Å². The van der Waals surface area contributed by atoms with Gasteiger partial charge in [0.2, 0.25) is 5.88 Å². The van der Waals surface area contributed by atoms with Crippen LogP contribution < -0.4 is 10.5 Å². The zero-order valence-electron chi connectivity index (χ0n) is 7.66. The van der Waals surface area contributed by atoms with Gasteiger partial charge in [-0.2, -0.15) is 0 Å². The second-order valence-corrected chi connectivity index (χ2v) is 2.87. The first kappa shape index (κ1) is 9.00. The van der Waals surface area contributed by atoms with Crippen molar-refractivity contribution in [2.75, 3.05) is 7.11 Å². The number of ether oxygens (including phenoxy) is 1. The molecule has 0 saturated heterocycles. The minimum Gasteiger partial charge on any atom is -0.481 e. The van der Waals surface area contributed by atoms with Gasteiger partial charge in [0.25, 0.3) is 0 Å². The van der Waals surface area contributed by atoms with Crippen LogP contribution in [0.2, 0.25) is 0 Å². The first-order chi connectivity index (χ1) is 5.65. The quantitative estimate of drug-likeness (QED) is 0.722. The van der Waals surface area contributed by atoms with Crippen molar-refractivity contribution >= 4 is 0 Å². The lowest BCUT2D eigenvalue weighted by Gasteiger charge is -2.09. The van der Waals surface area contributed by atoms with Gasteiger partial charge in [-0.3, -0.25) is 0 Å². The Bertz CT molecular complexity index is 271. The zero-order chi connectivity index (χ0) is 9.14. The van der Waals surface area contributed by atoms with Crippen molar-refractivity contribution in [2.24, 2.45) is 5.73 Å². The van der Waals surface area contributed by atoms with Gasteiger partial charge in [-0.05, 0) is 25.0 Å². The summed E-state index contributed by atoms with van der Waals surface area (Å²) in [4.78, 5) is 4.08. The summed E-state index contributed by atoms with van der Waals surface area (Å²) >= 11 is 0. The van der Waals surface area contributed by atoms with E-state index in [9.17, 15) is 0 Å². The molecule has 1 heterocycles. The van der Waals surface area contributed by atoms with E-state index in [-0.39, 0.29) is 6.04 Å². The molecule has 0 aliphatic carbocycles. The number of aryl methyl sites for hydroxylation is 1. The number of rotatable bonds is 2. The van der Waals surface area contributed by atoms with Crippen molar-refractivity contribution in [1.82, 2.24) is 4.98 Å². The van der Waals surface area contributed by atoms with Crippen molar-refractivity contribution in [3.63, 3.8) is 0 Å². The molecular weight excluding hydrogens is 152 g/mol. The predicted molar refractivity (Wildman–Crippen MR) is 48.1 cm³/mol. The van der Waals surface area contributed by atoms with Crippen LogP contribution in [0.1, 0.15) is 24.1 Å². The van der Waals surface area contributed by atoms with Gasteiger partial charge in [-0.1, -0.05) is 0 Å². The maximum Gasteiger partial charge on any atom is 0.213 e. The molecule has 0 bridgehead atoms. The topological polar surface area (TPSA) is 48.1 Å². The number of methoxy groups -OCH3 is 1. The van der Waals surface area contributed by atoms with Crippen molar-refractivity contribution in [1.29, 1.82) is 0 Å². The largest absolute Gasteiger partial charge is 0.481 e. The highest BCUT2D eigenvalue weighted by atomic mass is 16.5. The van der Waals surface area contributed by atoms with Gasteiger partial charge in [0.15, 0.2) is 0 Å². The Balaban J connectivity index is 3.03. The number of aromatic nitrogens is 1. The van der Waals surface area contributed by atoms with E-state index in [1.807, 2.05) is 19.9 Å². The summed E-state index contributed by atoms with van der Waals surface area (Å²) in [6.45, 7) is 3.94. The molecule has 0 spiro atoms. The lowest BCUT2D eigenvalue weighted by molar-refractivity contribution is 0.397. The van der Waals surface area contributed by atoms with Crippen LogP contribution in [0.25, 0.3) is 0 Å². The monoisotopic (exact) mass is 166 g/mol. The fraction of sp³-hybridized carbons (Fsp3) is 0.444. The van der Waals surface area contributed by atoms with Gasteiger partial charge in [0.05, 0.1) is 7.11 Å². The molecule has 0 unspecified atom stereocenters. The Labute approximate surface area is 72.6 Å². The molecule has 0 fully saturated rings. The molecule has 3 nitrogen and oxygen atoms in total. The predicted octanol–water partition coefficient (Wildman–Crippen LogP) is 1.42. The van der Waals surface area contributed by atoms with Crippen LogP contribution in [-0.4, -0.2) is 12.1 Å². The number of hydrogen-bond acceptors (Lipinski definition) is 3. The van der Waals surface area contributed by atoms with Crippen LogP contribution in [0, 0.1) is 6.92 Å². The molecule has 2 N–H and O–H groups in total. The van der Waals surface area contributed by atoms with Gasteiger partial charge < -0.3 is 10.5 Å². The number of nitrogens with zero attached hydrogens (tertiary/aromatic N) is 1. The molecule has 1 aromatic rings. The van der Waals surface area contributed by atoms with Gasteiger partial charge in [-0.15, -0.1) is 0 Å². The normalized spacial score (nSPS) is 12.7. The molecule has 0 saturated carbocycles. The summed E-state index contributed by atoms with van der Waals surface area (Å²) in [6.07, 6.45) is 1.76. The lowest BCUT2D eigenvalue weighted by atomic mass is 10.1. The molecule has 0 aliphatic rings. The molecule has 0 radical (unpaired) electrons. The van der Waals surface area contributed by atoms with Crippen LogP contribution in [-0.2, 0) is 0 Å². The standard InChI is InChI=1S/C9H14N2O/c1-6-4-9(12-3)11-5-8(6)7(2)10/h4-5,7H,10H2,1-3H3/t7-/m1/s1. The minimum atomic E-state index is 0.0309. The third-order valence-corrected chi connectivity index (χ3v) is 1.83. The molecule has 0 amide bonds. The Morgan fingerprint density at radius 3 is 2.67 bits per heavy atom. The Morgan fingerprint density at radius 2 is 2.25 bits per heavy atom. The fourth-order valence-electron chi connectivity index (χ4n) is 1.13. The second kappa shape index (κ2) is 3.54. The van der Waals surface area contributed by atoms with Crippen molar-refractivity contribution in [2.45, 2.75) is 19.9 Å². The van der Waals surface area contributed by atoms with E-state index < -0.39 is 0 Å². The van der Waals surface area contributed by atoms with Crippen LogP contribution in [0.3, 0.4) is 0 Å². The smallest absolute Gasteiger partial charge is 0.213 e. The molecule has 1 aromatic heterocycles. The molecule has 1 rings (SSSR count). The van der Waals surface area contributed by atoms with Gasteiger partial charge >= 0.3 is 0 Å². The van der Waals surface area contributed by atoms with Gasteiger partial charge in [0.1, 0.15) is 0 Å². The van der Waals surface area contributed by atoms with E-state index in [0.29, 0.717) is 5.88 Å². The zero-order valence-corrected chi connectivity index (χ0v) is 7.66. The Morgan fingerprint density at radius 1 is 1.58 bits per heavy atom. The van der Waals surface area contributed by atoms with E-state index in [1.54, 1.807) is 13.3 Å². The van der Waals surface area contributed by atoms with Crippen LogP contribution in [0.5, 0.6) is 5.88 Å². The minimum absolute atomic E-state index is 0.0309. The molecular formula is C9H14N2O. The van der Waals surface area contributed by atoms with Crippen molar-refractivity contribution in [3.8, 4) is 5.88 Å². The van der Waals surface area contributed by atoms with E-state index in [0.717, 1.165) is 11.1 Å². The first-order valence-corrected chi connectivity index (χ1v) is 3.91. The van der Waals surface area contributed by atoms with E-state index in [4.69, 9.17) is 10.5 Å². The van der Waals surface area contributed by atoms with Crippen LogP contribution >= 0.6 is 0 Å². The highest BCUT2D eigenvalue weighted by Gasteiger charge is 2.04. The highest BCUT2D eigenvalue weighted by Crippen LogP contribution is 2.17. The highest BCUT2D eigenvalue weighted by molar-refractivity contribution is 5.29. The summed E-state index contributed by atoms with van der Waals surface area (Å²) < 4.78 is 4.98. The molecule has 12 heavy (non-hydrogen) atoms.